The summed E-state index contributed by atoms with van der Waals surface area (Å²) < 4.78 is 10.4. The Morgan fingerprint density at radius 1 is 1.43 bits per heavy atom. The molecule has 0 aromatic heterocycles. The molecule has 0 bridgehead atoms. The fourth-order valence-corrected chi connectivity index (χ4v) is 1.17. The maximum atomic E-state index is 5.22. The molecule has 0 N–H and O–H groups in total. The van der Waals surface area contributed by atoms with Gasteiger partial charge < -0.3 is 14.3 Å². The van der Waals surface area contributed by atoms with Crippen molar-refractivity contribution in [2.24, 2.45) is 5.16 Å². The quantitative estimate of drug-likeness (QED) is 0.542. The molecular weight excluding hydrogens is 182 g/mol. The second-order valence-electron chi connectivity index (χ2n) is 2.76. The number of oxime groups is 1. The number of hydrogen-bond donors (Lipinski definition) is 0. The average molecular weight is 193 g/mol. The lowest BCUT2D eigenvalue weighted by Gasteiger charge is -1.96. The molecule has 1 aromatic carbocycles. The van der Waals surface area contributed by atoms with E-state index in [0.29, 0.717) is 13.4 Å². The zero-order valence-electron chi connectivity index (χ0n) is 7.90. The van der Waals surface area contributed by atoms with E-state index in [0.717, 1.165) is 17.1 Å². The van der Waals surface area contributed by atoms with E-state index in [2.05, 4.69) is 5.16 Å². The molecular formula is C10H11NO3. The van der Waals surface area contributed by atoms with Crippen molar-refractivity contribution in [2.75, 3.05) is 13.4 Å². The molecule has 0 radical (unpaired) electrons. The zero-order chi connectivity index (χ0) is 9.80. The highest BCUT2D eigenvalue weighted by atomic mass is 16.7. The van der Waals surface area contributed by atoms with Gasteiger partial charge in [-0.3, -0.25) is 0 Å². The molecule has 1 aliphatic heterocycles. The first-order valence-electron chi connectivity index (χ1n) is 4.45. The van der Waals surface area contributed by atoms with Gasteiger partial charge in [-0.1, -0.05) is 5.16 Å². The fraction of sp³-hybridized carbons (Fsp3) is 0.300. The van der Waals surface area contributed by atoms with Crippen molar-refractivity contribution in [3.8, 4) is 11.5 Å². The van der Waals surface area contributed by atoms with Crippen LogP contribution in [0, 0.1) is 0 Å². The molecule has 0 saturated heterocycles. The number of rotatable bonds is 3. The third-order valence-corrected chi connectivity index (χ3v) is 1.80. The maximum absolute atomic E-state index is 5.22. The van der Waals surface area contributed by atoms with Gasteiger partial charge in [-0.25, -0.2) is 0 Å². The Balaban J connectivity index is 2.12. The van der Waals surface area contributed by atoms with E-state index >= 15 is 0 Å². The van der Waals surface area contributed by atoms with Crippen molar-refractivity contribution < 1.29 is 14.3 Å². The lowest BCUT2D eigenvalue weighted by molar-refractivity contribution is 0.160. The molecule has 1 heterocycles. The minimum absolute atomic E-state index is 0.293. The Labute approximate surface area is 82.1 Å². The highest BCUT2D eigenvalue weighted by Gasteiger charge is 2.12. The van der Waals surface area contributed by atoms with Gasteiger partial charge in [0.05, 0.1) is 6.21 Å². The molecule has 0 saturated carbocycles. The van der Waals surface area contributed by atoms with Crippen LogP contribution in [0.25, 0.3) is 0 Å². The highest BCUT2D eigenvalue weighted by molar-refractivity contribution is 5.80. The normalized spacial score (nSPS) is 13.5. The van der Waals surface area contributed by atoms with Crippen LogP contribution in [0.4, 0.5) is 0 Å². The second-order valence-corrected chi connectivity index (χ2v) is 2.76. The molecule has 2 rings (SSSR count). The van der Waals surface area contributed by atoms with Crippen molar-refractivity contribution in [1.29, 1.82) is 0 Å². The van der Waals surface area contributed by atoms with Crippen LogP contribution >= 0.6 is 0 Å². The van der Waals surface area contributed by atoms with Crippen LogP contribution in [-0.2, 0) is 4.84 Å². The maximum Gasteiger partial charge on any atom is 0.231 e. The number of hydrogen-bond acceptors (Lipinski definition) is 4. The summed E-state index contributed by atoms with van der Waals surface area (Å²) in [6, 6.07) is 5.62. The molecule has 0 amide bonds. The van der Waals surface area contributed by atoms with Crippen molar-refractivity contribution in [2.45, 2.75) is 6.92 Å². The van der Waals surface area contributed by atoms with Crippen LogP contribution in [0.2, 0.25) is 0 Å². The predicted molar refractivity (Wildman–Crippen MR) is 51.8 cm³/mol. The van der Waals surface area contributed by atoms with E-state index in [4.69, 9.17) is 14.3 Å². The summed E-state index contributed by atoms with van der Waals surface area (Å²) in [5, 5.41) is 3.76. The van der Waals surface area contributed by atoms with Gasteiger partial charge in [-0.2, -0.15) is 0 Å². The van der Waals surface area contributed by atoms with Gasteiger partial charge in [0.15, 0.2) is 11.5 Å². The monoisotopic (exact) mass is 193 g/mol. The minimum Gasteiger partial charge on any atom is -0.454 e. The topological polar surface area (TPSA) is 40.0 Å². The Hall–Kier alpha value is -1.71. The van der Waals surface area contributed by atoms with Crippen LogP contribution < -0.4 is 9.47 Å². The predicted octanol–water partition coefficient (Wildman–Crippen LogP) is 1.79. The molecule has 0 unspecified atom stereocenters. The Kier molecular flexibility index (Phi) is 2.53. The fourth-order valence-electron chi connectivity index (χ4n) is 1.17. The standard InChI is InChI=1S/C10H11NO3/c1-2-14-11-6-8-3-4-9-10(5-8)13-7-12-9/h3-6H,2,7H2,1H3/b11-6+. The zero-order valence-corrected chi connectivity index (χ0v) is 7.90. The third-order valence-electron chi connectivity index (χ3n) is 1.80. The van der Waals surface area contributed by atoms with Gasteiger partial charge in [0.25, 0.3) is 0 Å². The summed E-state index contributed by atoms with van der Waals surface area (Å²) in [6.07, 6.45) is 1.64. The summed E-state index contributed by atoms with van der Waals surface area (Å²) in [7, 11) is 0. The van der Waals surface area contributed by atoms with Crippen LogP contribution in [0.3, 0.4) is 0 Å². The van der Waals surface area contributed by atoms with Gasteiger partial charge in [0, 0.05) is 5.56 Å². The molecule has 0 aliphatic carbocycles. The first-order chi connectivity index (χ1) is 6.90. The summed E-state index contributed by atoms with van der Waals surface area (Å²) in [6.45, 7) is 2.75. The van der Waals surface area contributed by atoms with Crippen LogP contribution in [0.1, 0.15) is 12.5 Å². The summed E-state index contributed by atoms with van der Waals surface area (Å²) >= 11 is 0. The SMILES string of the molecule is CCO/N=C/c1ccc2c(c1)OCO2. The smallest absolute Gasteiger partial charge is 0.231 e. The number of nitrogens with zero attached hydrogens (tertiary/aromatic N) is 1. The van der Waals surface area contributed by atoms with E-state index in [1.165, 1.54) is 0 Å². The lowest BCUT2D eigenvalue weighted by atomic mass is 10.2. The molecule has 0 spiro atoms. The van der Waals surface area contributed by atoms with Crippen LogP contribution in [-0.4, -0.2) is 19.6 Å². The van der Waals surface area contributed by atoms with E-state index in [1.807, 2.05) is 25.1 Å². The number of benzene rings is 1. The highest BCUT2D eigenvalue weighted by Crippen LogP contribution is 2.31. The Morgan fingerprint density at radius 3 is 3.14 bits per heavy atom. The Bertz CT molecular complexity index is 349. The van der Waals surface area contributed by atoms with E-state index in [9.17, 15) is 0 Å². The average Bonchev–Trinajstić information content (AvgIpc) is 2.65. The van der Waals surface area contributed by atoms with Crippen molar-refractivity contribution in [1.82, 2.24) is 0 Å². The van der Waals surface area contributed by atoms with Gasteiger partial charge in [0.2, 0.25) is 6.79 Å². The van der Waals surface area contributed by atoms with Crippen LogP contribution in [0.5, 0.6) is 11.5 Å². The molecule has 0 atom stereocenters. The van der Waals surface area contributed by atoms with E-state index in [-0.39, 0.29) is 0 Å². The second kappa shape index (κ2) is 4.00. The first kappa shape index (κ1) is 8.87. The summed E-state index contributed by atoms with van der Waals surface area (Å²) in [5.41, 5.74) is 0.933. The molecule has 4 heteroatoms. The largest absolute Gasteiger partial charge is 0.454 e. The van der Waals surface area contributed by atoms with Crippen molar-refractivity contribution in [3.05, 3.63) is 23.8 Å². The van der Waals surface area contributed by atoms with Crippen molar-refractivity contribution >= 4 is 6.21 Å². The van der Waals surface area contributed by atoms with E-state index < -0.39 is 0 Å². The first-order valence-corrected chi connectivity index (χ1v) is 4.45. The van der Waals surface area contributed by atoms with Gasteiger partial charge in [0.1, 0.15) is 6.61 Å². The molecule has 1 aromatic rings. The van der Waals surface area contributed by atoms with Crippen molar-refractivity contribution in [3.63, 3.8) is 0 Å². The summed E-state index contributed by atoms with van der Waals surface area (Å²) in [4.78, 5) is 4.85. The van der Waals surface area contributed by atoms with Gasteiger partial charge >= 0.3 is 0 Å². The molecule has 14 heavy (non-hydrogen) atoms. The number of fused-ring (bicyclic) bond motifs is 1. The third kappa shape index (κ3) is 1.79. The molecule has 1 aliphatic rings. The summed E-state index contributed by atoms with van der Waals surface area (Å²) in [5.74, 6) is 1.53. The molecule has 4 nitrogen and oxygen atoms in total. The number of ether oxygens (including phenoxy) is 2. The van der Waals surface area contributed by atoms with E-state index in [1.54, 1.807) is 6.21 Å². The van der Waals surface area contributed by atoms with Gasteiger partial charge in [-0.05, 0) is 25.1 Å². The lowest BCUT2D eigenvalue weighted by Crippen LogP contribution is -1.92. The minimum atomic E-state index is 0.293. The van der Waals surface area contributed by atoms with Gasteiger partial charge in [-0.15, -0.1) is 0 Å². The Morgan fingerprint density at radius 2 is 2.29 bits per heavy atom. The molecule has 74 valence electrons. The molecule has 0 fully saturated rings. The van der Waals surface area contributed by atoms with Crippen LogP contribution in [0.15, 0.2) is 23.4 Å².